The molecule has 0 saturated carbocycles. The van der Waals surface area contributed by atoms with Crippen molar-refractivity contribution in [3.05, 3.63) is 101 Å². The summed E-state index contributed by atoms with van der Waals surface area (Å²) in [7, 11) is 3.90. The van der Waals surface area contributed by atoms with Crippen molar-refractivity contribution >= 4 is 39.7 Å². The third-order valence-electron chi connectivity index (χ3n) is 6.33. The Morgan fingerprint density at radius 3 is 2.29 bits per heavy atom. The van der Waals surface area contributed by atoms with Crippen molar-refractivity contribution < 1.29 is 14.7 Å². The van der Waals surface area contributed by atoms with Gasteiger partial charge in [0, 0.05) is 48.1 Å². The molecular weight excluding hydrogens is 426 g/mol. The van der Waals surface area contributed by atoms with E-state index in [1.807, 2.05) is 98.7 Å². The van der Waals surface area contributed by atoms with Crippen LogP contribution >= 0.6 is 0 Å². The van der Waals surface area contributed by atoms with Crippen molar-refractivity contribution in [2.75, 3.05) is 23.9 Å². The van der Waals surface area contributed by atoms with Gasteiger partial charge in [0.05, 0.1) is 11.6 Å². The second-order valence-corrected chi connectivity index (χ2v) is 8.74. The number of amides is 1. The topological polar surface area (TPSA) is 76.6 Å². The highest BCUT2D eigenvalue weighted by Gasteiger charge is 2.47. The van der Waals surface area contributed by atoms with E-state index in [1.165, 1.54) is 4.90 Å². The van der Waals surface area contributed by atoms with Gasteiger partial charge in [-0.25, -0.2) is 0 Å². The summed E-state index contributed by atoms with van der Waals surface area (Å²) >= 11 is 0. The Kier molecular flexibility index (Phi) is 5.21. The van der Waals surface area contributed by atoms with Crippen molar-refractivity contribution in [1.82, 2.24) is 4.98 Å². The Labute approximate surface area is 197 Å². The molecule has 170 valence electrons. The summed E-state index contributed by atoms with van der Waals surface area (Å²) in [6, 6.07) is 21.9. The Bertz CT molecular complexity index is 1430. The minimum Gasteiger partial charge on any atom is -0.507 e. The molecule has 1 unspecified atom stereocenters. The molecule has 1 saturated heterocycles. The van der Waals surface area contributed by atoms with Crippen molar-refractivity contribution in [3.63, 3.8) is 0 Å². The predicted octanol–water partition coefficient (Wildman–Crippen LogP) is 5.17. The van der Waals surface area contributed by atoms with Crippen LogP contribution in [0.3, 0.4) is 0 Å². The van der Waals surface area contributed by atoms with Crippen LogP contribution in [0.15, 0.2) is 84.6 Å². The van der Waals surface area contributed by atoms with E-state index in [2.05, 4.69) is 4.98 Å². The van der Waals surface area contributed by atoms with Gasteiger partial charge in [-0.3, -0.25) is 14.5 Å². The van der Waals surface area contributed by atoms with Gasteiger partial charge in [0.25, 0.3) is 11.7 Å². The van der Waals surface area contributed by atoms with E-state index in [-0.39, 0.29) is 11.3 Å². The molecule has 1 aliphatic rings. The number of aromatic amines is 1. The molecule has 34 heavy (non-hydrogen) atoms. The first-order chi connectivity index (χ1) is 16.4. The molecule has 4 aromatic rings. The summed E-state index contributed by atoms with van der Waals surface area (Å²) in [5.74, 6) is -1.55. The third kappa shape index (κ3) is 3.44. The van der Waals surface area contributed by atoms with Crippen molar-refractivity contribution in [1.29, 1.82) is 0 Å². The fourth-order valence-corrected chi connectivity index (χ4v) is 4.49. The molecule has 0 bridgehead atoms. The van der Waals surface area contributed by atoms with Crippen LogP contribution in [0.25, 0.3) is 16.7 Å². The number of nitrogens with one attached hydrogen (secondary N) is 1. The van der Waals surface area contributed by atoms with E-state index >= 15 is 0 Å². The number of nitrogens with zero attached hydrogens (tertiary/aromatic N) is 2. The smallest absolute Gasteiger partial charge is 0.300 e. The summed E-state index contributed by atoms with van der Waals surface area (Å²) in [5.41, 5.74) is 4.79. The van der Waals surface area contributed by atoms with Gasteiger partial charge in [0.15, 0.2) is 0 Å². The Balaban J connectivity index is 1.73. The molecular formula is C28H25N3O3. The summed E-state index contributed by atoms with van der Waals surface area (Å²) in [4.78, 5) is 33.3. The average molecular weight is 452 g/mol. The normalized spacial score (nSPS) is 17.5. The number of ketones is 1. The van der Waals surface area contributed by atoms with Crippen molar-refractivity contribution in [2.45, 2.75) is 13.0 Å². The van der Waals surface area contributed by atoms with Crippen molar-refractivity contribution in [3.8, 4) is 0 Å². The van der Waals surface area contributed by atoms with Crippen LogP contribution in [-0.4, -0.2) is 35.9 Å². The minimum atomic E-state index is -0.757. The first-order valence-electron chi connectivity index (χ1n) is 11.1. The maximum atomic E-state index is 13.4. The molecule has 1 fully saturated rings. The van der Waals surface area contributed by atoms with Crippen LogP contribution in [0.4, 0.5) is 11.4 Å². The van der Waals surface area contributed by atoms with Crippen molar-refractivity contribution in [2.24, 2.45) is 0 Å². The number of aliphatic hydroxyl groups excluding tert-OH is 1. The monoisotopic (exact) mass is 451 g/mol. The number of carbonyl (C=O) groups excluding carboxylic acids is 2. The number of para-hydroxylation sites is 1. The third-order valence-corrected chi connectivity index (χ3v) is 6.33. The number of anilines is 2. The second kappa shape index (κ2) is 8.23. The molecule has 1 aliphatic heterocycles. The van der Waals surface area contributed by atoms with E-state index in [9.17, 15) is 14.7 Å². The fourth-order valence-electron chi connectivity index (χ4n) is 4.49. The number of benzene rings is 3. The van der Waals surface area contributed by atoms with E-state index in [0.717, 1.165) is 27.7 Å². The molecule has 1 amide bonds. The maximum absolute atomic E-state index is 13.4. The highest BCUT2D eigenvalue weighted by atomic mass is 16.3. The Morgan fingerprint density at radius 1 is 0.941 bits per heavy atom. The van der Waals surface area contributed by atoms with Crippen LogP contribution in [0, 0.1) is 6.92 Å². The standard InChI is InChI=1S/C28H25N3O3/c1-17-8-12-20(13-9-17)31-25(18-10-14-19(15-11-18)30(2)3)24(27(33)28(31)34)26(32)22-16-29-23-7-5-4-6-21(22)23/h4-16,25,29,32H,1-3H3/b26-24-. The largest absolute Gasteiger partial charge is 0.507 e. The lowest BCUT2D eigenvalue weighted by Gasteiger charge is -2.26. The molecule has 3 aromatic carbocycles. The lowest BCUT2D eigenvalue weighted by Crippen LogP contribution is -2.29. The van der Waals surface area contributed by atoms with Gasteiger partial charge in [0.2, 0.25) is 0 Å². The summed E-state index contributed by atoms with van der Waals surface area (Å²) in [5, 5.41) is 12.2. The van der Waals surface area contributed by atoms with Crippen LogP contribution in [-0.2, 0) is 9.59 Å². The van der Waals surface area contributed by atoms with E-state index < -0.39 is 17.7 Å². The van der Waals surface area contributed by atoms with Gasteiger partial charge in [-0.2, -0.15) is 0 Å². The zero-order valence-corrected chi connectivity index (χ0v) is 19.2. The van der Waals surface area contributed by atoms with Gasteiger partial charge in [-0.15, -0.1) is 0 Å². The molecule has 2 heterocycles. The summed E-state index contributed by atoms with van der Waals surface area (Å²) in [6.45, 7) is 1.96. The lowest BCUT2D eigenvalue weighted by atomic mass is 9.94. The molecule has 0 spiro atoms. The number of aromatic nitrogens is 1. The number of hydrogen-bond donors (Lipinski definition) is 2. The number of hydrogen-bond acceptors (Lipinski definition) is 4. The quantitative estimate of drug-likeness (QED) is 0.255. The molecule has 0 radical (unpaired) electrons. The molecule has 6 nitrogen and oxygen atoms in total. The second-order valence-electron chi connectivity index (χ2n) is 8.74. The van der Waals surface area contributed by atoms with Gasteiger partial charge in [0.1, 0.15) is 5.76 Å². The summed E-state index contributed by atoms with van der Waals surface area (Å²) in [6.07, 6.45) is 1.67. The van der Waals surface area contributed by atoms with Gasteiger partial charge < -0.3 is 15.0 Å². The SMILES string of the molecule is Cc1ccc(N2C(=O)C(=O)/C(=C(\O)c3c[nH]c4ccccc34)C2c2ccc(N(C)C)cc2)cc1. The molecule has 0 aliphatic carbocycles. The number of carbonyl (C=O) groups is 2. The highest BCUT2D eigenvalue weighted by molar-refractivity contribution is 6.51. The molecule has 2 N–H and O–H groups in total. The zero-order valence-electron chi connectivity index (χ0n) is 19.2. The highest BCUT2D eigenvalue weighted by Crippen LogP contribution is 2.43. The fraction of sp³-hybridized carbons (Fsp3) is 0.143. The van der Waals surface area contributed by atoms with Crippen LogP contribution in [0.2, 0.25) is 0 Å². The first-order valence-corrected chi connectivity index (χ1v) is 11.1. The lowest BCUT2D eigenvalue weighted by molar-refractivity contribution is -0.132. The van der Waals surface area contributed by atoms with E-state index in [0.29, 0.717) is 11.3 Å². The number of fused-ring (bicyclic) bond motifs is 1. The van der Waals surface area contributed by atoms with Crippen LogP contribution < -0.4 is 9.80 Å². The summed E-state index contributed by atoms with van der Waals surface area (Å²) < 4.78 is 0. The number of H-pyrrole nitrogens is 1. The Hall–Kier alpha value is -4.32. The maximum Gasteiger partial charge on any atom is 0.300 e. The zero-order chi connectivity index (χ0) is 24.0. The predicted molar refractivity (Wildman–Crippen MR) is 135 cm³/mol. The first kappa shape index (κ1) is 21.5. The molecule has 1 atom stereocenters. The number of aryl methyl sites for hydroxylation is 1. The van der Waals surface area contributed by atoms with Crippen LogP contribution in [0.1, 0.15) is 22.7 Å². The Morgan fingerprint density at radius 2 is 1.62 bits per heavy atom. The molecule has 6 heteroatoms. The average Bonchev–Trinajstić information content (AvgIpc) is 3.39. The van der Waals surface area contributed by atoms with E-state index in [4.69, 9.17) is 0 Å². The molecule has 1 aromatic heterocycles. The van der Waals surface area contributed by atoms with Gasteiger partial charge in [-0.05, 0) is 42.8 Å². The van der Waals surface area contributed by atoms with Gasteiger partial charge in [-0.1, -0.05) is 48.0 Å². The van der Waals surface area contributed by atoms with Crippen LogP contribution in [0.5, 0.6) is 0 Å². The minimum absolute atomic E-state index is 0.0768. The van der Waals surface area contributed by atoms with Gasteiger partial charge >= 0.3 is 0 Å². The number of Topliss-reactive ketones (excluding diaryl/α,β-unsaturated/α-hetero) is 1. The number of aliphatic hydroxyl groups is 1. The number of rotatable bonds is 4. The van der Waals surface area contributed by atoms with E-state index in [1.54, 1.807) is 6.20 Å². The molecule has 5 rings (SSSR count).